The minimum atomic E-state index is -1.02. The molecule has 0 radical (unpaired) electrons. The summed E-state index contributed by atoms with van der Waals surface area (Å²) in [6.45, 7) is 1.35. The molecule has 6 nitrogen and oxygen atoms in total. The highest BCUT2D eigenvalue weighted by Gasteiger charge is 2.47. The molecular formula is C20H20ClN3O3. The van der Waals surface area contributed by atoms with Crippen LogP contribution < -0.4 is 10.6 Å². The summed E-state index contributed by atoms with van der Waals surface area (Å²) in [5, 5.41) is 5.92. The van der Waals surface area contributed by atoms with E-state index in [0.29, 0.717) is 23.6 Å². The third-order valence-electron chi connectivity index (χ3n) is 4.53. The Morgan fingerprint density at radius 3 is 2.44 bits per heavy atom. The molecule has 0 spiro atoms. The van der Waals surface area contributed by atoms with Crippen molar-refractivity contribution in [2.45, 2.75) is 25.3 Å². The van der Waals surface area contributed by atoms with Gasteiger partial charge in [0.25, 0.3) is 5.91 Å². The first-order chi connectivity index (χ1) is 12.9. The van der Waals surface area contributed by atoms with E-state index in [1.54, 1.807) is 31.2 Å². The Morgan fingerprint density at radius 1 is 1.11 bits per heavy atom. The number of amides is 4. The quantitative estimate of drug-likeness (QED) is 0.749. The first-order valence-electron chi connectivity index (χ1n) is 8.61. The van der Waals surface area contributed by atoms with Gasteiger partial charge in [-0.15, -0.1) is 0 Å². The summed E-state index contributed by atoms with van der Waals surface area (Å²) < 4.78 is 0. The zero-order chi connectivity index (χ0) is 19.4. The SMILES string of the molecule is C[C@]1(CCc2ccccc2)NC(=O)N(CC(=O)Nc2ccc(Cl)cc2)C1=O. The van der Waals surface area contributed by atoms with Crippen molar-refractivity contribution < 1.29 is 14.4 Å². The summed E-state index contributed by atoms with van der Waals surface area (Å²) in [7, 11) is 0. The fraction of sp³-hybridized carbons (Fsp3) is 0.250. The van der Waals surface area contributed by atoms with Gasteiger partial charge >= 0.3 is 6.03 Å². The number of nitrogens with zero attached hydrogens (tertiary/aromatic N) is 1. The van der Waals surface area contributed by atoms with Crippen LogP contribution in [-0.2, 0) is 16.0 Å². The number of hydrogen-bond acceptors (Lipinski definition) is 3. The molecule has 140 valence electrons. The number of nitrogens with one attached hydrogen (secondary N) is 2. The number of urea groups is 1. The van der Waals surface area contributed by atoms with Crippen molar-refractivity contribution in [3.05, 3.63) is 65.2 Å². The van der Waals surface area contributed by atoms with Crippen LogP contribution >= 0.6 is 11.6 Å². The van der Waals surface area contributed by atoms with Crippen molar-refractivity contribution in [1.29, 1.82) is 0 Å². The highest BCUT2D eigenvalue weighted by molar-refractivity contribution is 6.30. The van der Waals surface area contributed by atoms with Crippen LogP contribution in [0.3, 0.4) is 0 Å². The fourth-order valence-electron chi connectivity index (χ4n) is 2.98. The number of carbonyl (C=O) groups excluding carboxylic acids is 3. The van der Waals surface area contributed by atoms with Gasteiger partial charge in [0.2, 0.25) is 5.91 Å². The van der Waals surface area contributed by atoms with E-state index in [4.69, 9.17) is 11.6 Å². The summed E-state index contributed by atoms with van der Waals surface area (Å²) in [6.07, 6.45) is 1.10. The van der Waals surface area contributed by atoms with Crippen LogP contribution in [0.5, 0.6) is 0 Å². The molecule has 0 aliphatic carbocycles. The standard InChI is InChI=1S/C20H20ClN3O3/c1-20(12-11-14-5-3-2-4-6-14)18(26)24(19(27)23-20)13-17(25)22-16-9-7-15(21)8-10-16/h2-10H,11-13H2,1H3,(H,22,25)(H,23,27)/t20-/m1/s1. The van der Waals surface area contributed by atoms with E-state index < -0.39 is 23.4 Å². The Bertz CT molecular complexity index is 855. The van der Waals surface area contributed by atoms with Gasteiger partial charge in [0.05, 0.1) is 0 Å². The van der Waals surface area contributed by atoms with Gasteiger partial charge in [0.1, 0.15) is 12.1 Å². The maximum Gasteiger partial charge on any atom is 0.325 e. The van der Waals surface area contributed by atoms with Crippen LogP contribution in [0.4, 0.5) is 10.5 Å². The normalized spacial score (nSPS) is 19.1. The van der Waals surface area contributed by atoms with Crippen LogP contribution in [0.2, 0.25) is 5.02 Å². The van der Waals surface area contributed by atoms with Gasteiger partial charge in [-0.1, -0.05) is 41.9 Å². The lowest BCUT2D eigenvalue weighted by Crippen LogP contribution is -2.45. The van der Waals surface area contributed by atoms with Crippen LogP contribution in [-0.4, -0.2) is 34.8 Å². The van der Waals surface area contributed by atoms with Gasteiger partial charge in [-0.2, -0.15) is 0 Å². The lowest BCUT2D eigenvalue weighted by Gasteiger charge is -2.21. The van der Waals surface area contributed by atoms with Crippen LogP contribution in [0.1, 0.15) is 18.9 Å². The van der Waals surface area contributed by atoms with Crippen LogP contribution in [0.25, 0.3) is 0 Å². The Hall–Kier alpha value is -2.86. The van der Waals surface area contributed by atoms with E-state index in [1.165, 1.54) is 0 Å². The number of aryl methyl sites for hydroxylation is 1. The number of rotatable bonds is 6. The molecule has 1 fully saturated rings. The molecule has 0 bridgehead atoms. The first kappa shape index (κ1) is 18.9. The monoisotopic (exact) mass is 385 g/mol. The van der Waals surface area contributed by atoms with E-state index in [1.807, 2.05) is 30.3 Å². The van der Waals surface area contributed by atoms with E-state index >= 15 is 0 Å². The number of imide groups is 1. The summed E-state index contributed by atoms with van der Waals surface area (Å²) in [6, 6.07) is 15.8. The van der Waals surface area contributed by atoms with Gasteiger partial charge in [0.15, 0.2) is 0 Å². The van der Waals surface area contributed by atoms with Crippen molar-refractivity contribution in [3.8, 4) is 0 Å². The topological polar surface area (TPSA) is 78.5 Å². The van der Waals surface area contributed by atoms with E-state index in [-0.39, 0.29) is 6.54 Å². The maximum atomic E-state index is 12.7. The molecule has 1 heterocycles. The average Bonchev–Trinajstić information content (AvgIpc) is 2.86. The molecule has 1 saturated heterocycles. The van der Waals surface area contributed by atoms with E-state index in [9.17, 15) is 14.4 Å². The third kappa shape index (κ3) is 4.46. The van der Waals surface area contributed by atoms with Crippen LogP contribution in [0.15, 0.2) is 54.6 Å². The number of hydrogen-bond donors (Lipinski definition) is 2. The predicted octanol–water partition coefficient (Wildman–Crippen LogP) is 3.22. The Labute approximate surface area is 162 Å². The second kappa shape index (κ2) is 7.80. The smallest absolute Gasteiger partial charge is 0.325 e. The second-order valence-corrected chi connectivity index (χ2v) is 7.13. The summed E-state index contributed by atoms with van der Waals surface area (Å²) in [4.78, 5) is 38.1. The number of benzene rings is 2. The Balaban J connectivity index is 1.61. The predicted molar refractivity (Wildman–Crippen MR) is 103 cm³/mol. The molecule has 2 N–H and O–H groups in total. The van der Waals surface area contributed by atoms with E-state index in [0.717, 1.165) is 10.5 Å². The molecule has 7 heteroatoms. The fourth-order valence-corrected chi connectivity index (χ4v) is 3.10. The molecule has 0 aromatic heterocycles. The highest BCUT2D eigenvalue weighted by atomic mass is 35.5. The van der Waals surface area contributed by atoms with Crippen molar-refractivity contribution >= 4 is 35.1 Å². The highest BCUT2D eigenvalue weighted by Crippen LogP contribution is 2.23. The molecule has 1 aliphatic heterocycles. The van der Waals surface area contributed by atoms with Gasteiger partial charge in [-0.05, 0) is 49.6 Å². The molecule has 27 heavy (non-hydrogen) atoms. The summed E-state index contributed by atoms with van der Waals surface area (Å²) in [5.41, 5.74) is 0.607. The summed E-state index contributed by atoms with van der Waals surface area (Å²) in [5.74, 6) is -0.845. The molecule has 1 atom stereocenters. The van der Waals surface area contributed by atoms with Crippen molar-refractivity contribution in [1.82, 2.24) is 10.2 Å². The van der Waals surface area contributed by atoms with Crippen molar-refractivity contribution in [3.63, 3.8) is 0 Å². The maximum absolute atomic E-state index is 12.7. The molecule has 0 unspecified atom stereocenters. The lowest BCUT2D eigenvalue weighted by molar-refractivity contribution is -0.133. The molecule has 1 aliphatic rings. The van der Waals surface area contributed by atoms with Crippen molar-refractivity contribution in [2.75, 3.05) is 11.9 Å². The first-order valence-corrected chi connectivity index (χ1v) is 8.99. The lowest BCUT2D eigenvalue weighted by atomic mass is 9.93. The van der Waals surface area contributed by atoms with Gasteiger partial charge in [0, 0.05) is 10.7 Å². The second-order valence-electron chi connectivity index (χ2n) is 6.69. The largest absolute Gasteiger partial charge is 0.325 e. The third-order valence-corrected chi connectivity index (χ3v) is 4.78. The minimum Gasteiger partial charge on any atom is -0.325 e. The molecular weight excluding hydrogens is 366 g/mol. The van der Waals surface area contributed by atoms with Gasteiger partial charge in [-0.3, -0.25) is 14.5 Å². The van der Waals surface area contributed by atoms with Crippen LogP contribution in [0, 0.1) is 0 Å². The van der Waals surface area contributed by atoms with Gasteiger partial charge in [-0.25, -0.2) is 4.79 Å². The number of anilines is 1. The molecule has 2 aromatic carbocycles. The van der Waals surface area contributed by atoms with E-state index in [2.05, 4.69) is 10.6 Å². The van der Waals surface area contributed by atoms with Crippen molar-refractivity contribution in [2.24, 2.45) is 0 Å². The Morgan fingerprint density at radius 2 is 1.78 bits per heavy atom. The molecule has 0 saturated carbocycles. The number of carbonyl (C=O) groups is 3. The summed E-state index contributed by atoms with van der Waals surface area (Å²) >= 11 is 5.81. The molecule has 2 aromatic rings. The molecule has 3 rings (SSSR count). The minimum absolute atomic E-state index is 0.339. The Kier molecular flexibility index (Phi) is 5.46. The zero-order valence-electron chi connectivity index (χ0n) is 14.9. The van der Waals surface area contributed by atoms with Gasteiger partial charge < -0.3 is 10.6 Å². The zero-order valence-corrected chi connectivity index (χ0v) is 15.6. The number of halogens is 1. The average molecular weight is 386 g/mol. The molecule has 4 amide bonds.